The van der Waals surface area contributed by atoms with Crippen LogP contribution >= 0.6 is 0 Å². The normalized spacial score (nSPS) is 15.2. The van der Waals surface area contributed by atoms with Gasteiger partial charge >= 0.3 is 11.9 Å². The first-order valence-corrected chi connectivity index (χ1v) is 8.70. The van der Waals surface area contributed by atoms with Gasteiger partial charge in [-0.3, -0.25) is 4.79 Å². The molecule has 0 aromatic carbocycles. The number of aliphatic carboxylic acids is 2. The number of carboxylic acids is 2. The Morgan fingerprint density at radius 1 is 1.16 bits per heavy atom. The molecule has 1 heterocycles. The number of hydrogen-bond acceptors (Lipinski definition) is 4. The van der Waals surface area contributed by atoms with E-state index in [-0.39, 0.29) is 5.92 Å². The lowest BCUT2D eigenvalue weighted by Crippen LogP contribution is -2.43. The highest BCUT2D eigenvalue weighted by molar-refractivity contribution is 6.27. The third kappa shape index (κ3) is 9.86. The highest BCUT2D eigenvalue weighted by Gasteiger charge is 2.27. The first-order chi connectivity index (χ1) is 11.6. The molecule has 0 spiro atoms. The molecule has 25 heavy (non-hydrogen) atoms. The number of likely N-dealkylation sites (N-methyl/N-ethyl adjacent to an activating group) is 1. The molecule has 7 heteroatoms. The van der Waals surface area contributed by atoms with E-state index in [9.17, 15) is 4.79 Å². The van der Waals surface area contributed by atoms with Gasteiger partial charge in [0.05, 0.1) is 0 Å². The van der Waals surface area contributed by atoms with Crippen molar-refractivity contribution in [1.29, 1.82) is 0 Å². The number of piperidine rings is 1. The summed E-state index contributed by atoms with van der Waals surface area (Å²) in [5.74, 6) is -2.38. The smallest absolute Gasteiger partial charge is 0.414 e. The van der Waals surface area contributed by atoms with Gasteiger partial charge in [0, 0.05) is 25.6 Å². The van der Waals surface area contributed by atoms with Crippen LogP contribution in [-0.4, -0.2) is 70.6 Å². The number of carbonyl (C=O) groups excluding carboxylic acids is 1. The molecule has 1 aliphatic heterocycles. The summed E-state index contributed by atoms with van der Waals surface area (Å²) in [5, 5.41) is 14.8. The van der Waals surface area contributed by atoms with Crippen LogP contribution in [0.25, 0.3) is 0 Å². The second-order valence-electron chi connectivity index (χ2n) is 6.89. The predicted molar refractivity (Wildman–Crippen MR) is 96.3 cm³/mol. The minimum Gasteiger partial charge on any atom is -0.473 e. The predicted octanol–water partition coefficient (Wildman–Crippen LogP) is 1.93. The zero-order valence-corrected chi connectivity index (χ0v) is 15.8. The molecule has 0 aliphatic carbocycles. The van der Waals surface area contributed by atoms with Crippen LogP contribution in [0.1, 0.15) is 40.5 Å². The quantitative estimate of drug-likeness (QED) is 0.557. The third-order valence-corrected chi connectivity index (χ3v) is 3.90. The molecular formula is C18H32N2O5. The van der Waals surface area contributed by atoms with E-state index in [1.54, 1.807) is 0 Å². The first-order valence-electron chi connectivity index (χ1n) is 8.70. The molecule has 1 fully saturated rings. The van der Waals surface area contributed by atoms with Crippen molar-refractivity contribution in [3.8, 4) is 0 Å². The van der Waals surface area contributed by atoms with Crippen LogP contribution in [-0.2, 0) is 14.4 Å². The standard InChI is InChI=1S/C16H30N2O.C2H2O4/c1-6-18(12-14(4)5)16(19)15-7-9-17(10-8-15)11-13(2)3;3-1(4)2(5)6/h13,15H,4,6-12H2,1-3,5H3;(H,3,4)(H,5,6). The molecule has 1 aliphatic rings. The molecule has 1 amide bonds. The summed E-state index contributed by atoms with van der Waals surface area (Å²) in [6, 6.07) is 0. The number of rotatable bonds is 6. The topological polar surface area (TPSA) is 98.2 Å². The Kier molecular flexibility index (Phi) is 10.7. The summed E-state index contributed by atoms with van der Waals surface area (Å²) in [4.78, 5) is 35.1. The van der Waals surface area contributed by atoms with E-state index in [4.69, 9.17) is 19.8 Å². The maximum atomic E-state index is 12.5. The average molecular weight is 356 g/mol. The van der Waals surface area contributed by atoms with Gasteiger partial charge in [0.15, 0.2) is 0 Å². The van der Waals surface area contributed by atoms with Crippen LogP contribution in [0.5, 0.6) is 0 Å². The summed E-state index contributed by atoms with van der Waals surface area (Å²) in [6.45, 7) is 17.3. The number of carbonyl (C=O) groups is 3. The Bertz CT molecular complexity index is 456. The van der Waals surface area contributed by atoms with Gasteiger partial charge in [-0.25, -0.2) is 9.59 Å². The second-order valence-corrected chi connectivity index (χ2v) is 6.89. The van der Waals surface area contributed by atoms with Crippen molar-refractivity contribution < 1.29 is 24.6 Å². The van der Waals surface area contributed by atoms with Crippen molar-refractivity contribution in [3.63, 3.8) is 0 Å². The Labute approximate surface area is 150 Å². The van der Waals surface area contributed by atoms with Crippen molar-refractivity contribution in [2.45, 2.75) is 40.5 Å². The van der Waals surface area contributed by atoms with Crippen LogP contribution in [0, 0.1) is 11.8 Å². The van der Waals surface area contributed by atoms with Gasteiger partial charge in [0.1, 0.15) is 0 Å². The average Bonchev–Trinajstić information content (AvgIpc) is 2.52. The van der Waals surface area contributed by atoms with Crippen molar-refractivity contribution in [1.82, 2.24) is 9.80 Å². The van der Waals surface area contributed by atoms with E-state index in [1.807, 2.05) is 11.8 Å². The molecule has 0 aromatic heterocycles. The van der Waals surface area contributed by atoms with Gasteiger partial charge in [-0.1, -0.05) is 26.0 Å². The lowest BCUT2D eigenvalue weighted by Gasteiger charge is -2.34. The minimum atomic E-state index is -1.82. The Morgan fingerprint density at radius 3 is 1.96 bits per heavy atom. The van der Waals surface area contributed by atoms with E-state index < -0.39 is 11.9 Å². The van der Waals surface area contributed by atoms with Gasteiger partial charge < -0.3 is 20.0 Å². The van der Waals surface area contributed by atoms with Crippen LogP contribution in [0.15, 0.2) is 12.2 Å². The first kappa shape index (κ1) is 23.1. The number of amides is 1. The monoisotopic (exact) mass is 356 g/mol. The van der Waals surface area contributed by atoms with Gasteiger partial charge in [0.2, 0.25) is 5.91 Å². The van der Waals surface area contributed by atoms with Crippen molar-refractivity contribution in [3.05, 3.63) is 12.2 Å². The molecule has 7 nitrogen and oxygen atoms in total. The minimum absolute atomic E-state index is 0.225. The van der Waals surface area contributed by atoms with E-state index in [0.717, 1.165) is 44.6 Å². The molecule has 1 rings (SSSR count). The Morgan fingerprint density at radius 2 is 1.64 bits per heavy atom. The van der Waals surface area contributed by atoms with E-state index in [1.165, 1.54) is 0 Å². The molecule has 144 valence electrons. The number of carboxylic acid groups (broad SMARTS) is 2. The molecule has 0 unspecified atom stereocenters. The van der Waals surface area contributed by atoms with Crippen LogP contribution in [0.2, 0.25) is 0 Å². The summed E-state index contributed by atoms with van der Waals surface area (Å²) in [7, 11) is 0. The SMILES string of the molecule is C=C(C)CN(CC)C(=O)C1CCN(CC(C)C)CC1.O=C(O)C(=O)O. The van der Waals surface area contributed by atoms with E-state index in [0.29, 0.717) is 18.4 Å². The van der Waals surface area contributed by atoms with Crippen molar-refractivity contribution in [2.75, 3.05) is 32.7 Å². The molecule has 0 saturated carbocycles. The lowest BCUT2D eigenvalue weighted by atomic mass is 9.94. The number of hydrogen-bond donors (Lipinski definition) is 2. The summed E-state index contributed by atoms with van der Waals surface area (Å²) < 4.78 is 0. The fraction of sp³-hybridized carbons (Fsp3) is 0.722. The van der Waals surface area contributed by atoms with Gasteiger partial charge in [-0.05, 0) is 45.7 Å². The summed E-state index contributed by atoms with van der Waals surface area (Å²) in [5.41, 5.74) is 1.06. The molecule has 0 aromatic rings. The molecule has 1 saturated heterocycles. The van der Waals surface area contributed by atoms with Gasteiger partial charge in [0.25, 0.3) is 0 Å². The largest absolute Gasteiger partial charge is 0.473 e. The van der Waals surface area contributed by atoms with Crippen LogP contribution in [0.4, 0.5) is 0 Å². The molecule has 0 radical (unpaired) electrons. The maximum Gasteiger partial charge on any atom is 0.414 e. The summed E-state index contributed by atoms with van der Waals surface area (Å²) >= 11 is 0. The second kappa shape index (κ2) is 11.6. The third-order valence-electron chi connectivity index (χ3n) is 3.90. The lowest BCUT2D eigenvalue weighted by molar-refractivity contribution is -0.159. The van der Waals surface area contributed by atoms with Crippen LogP contribution in [0.3, 0.4) is 0 Å². The Hall–Kier alpha value is -1.89. The molecular weight excluding hydrogens is 324 g/mol. The zero-order chi connectivity index (χ0) is 19.6. The molecule has 0 atom stereocenters. The van der Waals surface area contributed by atoms with Gasteiger partial charge in [-0.15, -0.1) is 0 Å². The fourth-order valence-electron chi connectivity index (χ4n) is 2.81. The van der Waals surface area contributed by atoms with E-state index in [2.05, 4.69) is 32.3 Å². The van der Waals surface area contributed by atoms with Crippen molar-refractivity contribution >= 4 is 17.8 Å². The van der Waals surface area contributed by atoms with Gasteiger partial charge in [-0.2, -0.15) is 0 Å². The number of nitrogens with zero attached hydrogens (tertiary/aromatic N) is 2. The van der Waals surface area contributed by atoms with Crippen molar-refractivity contribution in [2.24, 2.45) is 11.8 Å². The van der Waals surface area contributed by atoms with Crippen LogP contribution < -0.4 is 0 Å². The summed E-state index contributed by atoms with van der Waals surface area (Å²) in [6.07, 6.45) is 2.02. The fourth-order valence-corrected chi connectivity index (χ4v) is 2.81. The molecule has 2 N–H and O–H groups in total. The molecule has 0 bridgehead atoms. The Balaban J connectivity index is 0.000000823. The highest BCUT2D eigenvalue weighted by atomic mass is 16.4. The highest BCUT2D eigenvalue weighted by Crippen LogP contribution is 2.20. The maximum absolute atomic E-state index is 12.5. The van der Waals surface area contributed by atoms with E-state index >= 15 is 0 Å². The number of likely N-dealkylation sites (tertiary alicyclic amines) is 1. The zero-order valence-electron chi connectivity index (χ0n) is 15.8.